The van der Waals surface area contributed by atoms with E-state index in [1.165, 1.54) is 0 Å². The highest BCUT2D eigenvalue weighted by molar-refractivity contribution is 6.18. The Balaban J connectivity index is 2.17. The maximum absolute atomic E-state index is 12.9. The number of carbonyl (C=O) groups excluding carboxylic acids is 2. The molecule has 0 radical (unpaired) electrons. The Hall–Kier alpha value is -3.46. The van der Waals surface area contributed by atoms with Crippen LogP contribution >= 0.6 is 11.6 Å². The normalized spacial score (nSPS) is 12.3. The van der Waals surface area contributed by atoms with Crippen molar-refractivity contribution in [1.82, 2.24) is 15.6 Å². The number of hydrogen-bond donors (Lipinski definition) is 3. The van der Waals surface area contributed by atoms with E-state index in [0.29, 0.717) is 5.01 Å². The highest BCUT2D eigenvalue weighted by atomic mass is 35.5. The molecule has 0 spiro atoms. The Kier molecular flexibility index (Phi) is 9.44. The second-order valence-corrected chi connectivity index (χ2v) is 7.05. The molecule has 2 atom stereocenters. The van der Waals surface area contributed by atoms with Crippen molar-refractivity contribution in [2.75, 3.05) is 12.4 Å². The van der Waals surface area contributed by atoms with Crippen LogP contribution in [-0.4, -0.2) is 52.5 Å². The number of carboxylic acids is 1. The molecule has 0 unspecified atom stereocenters. The zero-order valence-electron chi connectivity index (χ0n) is 16.6. The number of nitrogens with zero attached hydrogens (tertiary/aromatic N) is 2. The van der Waals surface area contributed by atoms with Gasteiger partial charge in [0, 0.05) is 18.7 Å². The molecule has 9 nitrogen and oxygen atoms in total. The minimum absolute atomic E-state index is 0.0210. The number of amides is 3. The van der Waals surface area contributed by atoms with Crippen LogP contribution < -0.4 is 10.6 Å². The fourth-order valence-electron chi connectivity index (χ4n) is 2.86. The lowest BCUT2D eigenvalue weighted by molar-refractivity contribution is -0.142. The number of halogens is 1. The summed E-state index contributed by atoms with van der Waals surface area (Å²) >= 11 is 5.56. The van der Waals surface area contributed by atoms with Gasteiger partial charge in [0.05, 0.1) is 11.8 Å². The van der Waals surface area contributed by atoms with E-state index in [0.717, 1.165) is 11.1 Å². The Labute approximate surface area is 184 Å². The van der Waals surface area contributed by atoms with E-state index >= 15 is 0 Å². The molecular weight excluding hydrogens is 424 g/mol. The van der Waals surface area contributed by atoms with Gasteiger partial charge in [0.15, 0.2) is 0 Å². The van der Waals surface area contributed by atoms with Gasteiger partial charge in [-0.1, -0.05) is 60.7 Å². The molecule has 0 fully saturated rings. The van der Waals surface area contributed by atoms with Gasteiger partial charge in [0.25, 0.3) is 0 Å². The van der Waals surface area contributed by atoms with Crippen LogP contribution in [0.4, 0.5) is 4.79 Å². The zero-order valence-corrected chi connectivity index (χ0v) is 17.4. The summed E-state index contributed by atoms with van der Waals surface area (Å²) < 4.78 is 0. The van der Waals surface area contributed by atoms with E-state index in [1.807, 2.05) is 0 Å². The lowest BCUT2D eigenvalue weighted by atomic mass is 10.0. The second-order valence-electron chi connectivity index (χ2n) is 6.67. The third-order valence-electron chi connectivity index (χ3n) is 4.42. The summed E-state index contributed by atoms with van der Waals surface area (Å²) in [5.41, 5.74) is 1.47. The van der Waals surface area contributed by atoms with Gasteiger partial charge in [-0.25, -0.2) is 9.59 Å². The van der Waals surface area contributed by atoms with Crippen molar-refractivity contribution in [3.05, 3.63) is 76.7 Å². The van der Waals surface area contributed by atoms with Gasteiger partial charge in [-0.3, -0.25) is 4.79 Å². The van der Waals surface area contributed by atoms with E-state index < -0.39 is 30.0 Å². The molecule has 0 saturated carbocycles. The molecular formula is C21H23ClN4O5. The molecule has 0 aliphatic carbocycles. The molecule has 0 aliphatic rings. The van der Waals surface area contributed by atoms with Gasteiger partial charge in [-0.2, -0.15) is 5.01 Å². The lowest BCUT2D eigenvalue weighted by Crippen LogP contribution is -2.54. The number of rotatable bonds is 11. The van der Waals surface area contributed by atoms with E-state index in [9.17, 15) is 24.4 Å². The fraction of sp³-hybridized carbons (Fsp3) is 0.286. The van der Waals surface area contributed by atoms with Crippen LogP contribution in [0.15, 0.2) is 65.9 Å². The van der Waals surface area contributed by atoms with E-state index in [1.54, 1.807) is 60.7 Å². The van der Waals surface area contributed by atoms with Gasteiger partial charge in [0.1, 0.15) is 12.1 Å². The molecule has 10 heteroatoms. The standard InChI is InChI=1S/C21H23ClN4O5/c22-11-12-26(25-31)21(30)24-17(13-15-7-3-1-4-8-15)19(27)23-18(20(28)29)14-16-9-5-2-6-10-16/h1-10,17-18H,11-14H2,(H,23,27)(H,24,30)(H,28,29)/t17-,18-/m0/s1. The van der Waals surface area contributed by atoms with Gasteiger partial charge in [0.2, 0.25) is 5.91 Å². The molecule has 2 aromatic rings. The van der Waals surface area contributed by atoms with E-state index in [2.05, 4.69) is 15.9 Å². The smallest absolute Gasteiger partial charge is 0.341 e. The quantitative estimate of drug-likeness (QED) is 0.277. The van der Waals surface area contributed by atoms with Crippen molar-refractivity contribution in [2.24, 2.45) is 5.29 Å². The maximum atomic E-state index is 12.9. The first-order valence-corrected chi connectivity index (χ1v) is 10.1. The first kappa shape index (κ1) is 23.8. The summed E-state index contributed by atoms with van der Waals surface area (Å²) in [6.07, 6.45) is 0.159. The molecule has 3 N–H and O–H groups in total. The number of benzene rings is 2. The maximum Gasteiger partial charge on any atom is 0.341 e. The summed E-state index contributed by atoms with van der Waals surface area (Å²) in [7, 11) is 0. The number of urea groups is 1. The number of carboxylic acid groups (broad SMARTS) is 1. The van der Waals surface area contributed by atoms with E-state index in [-0.39, 0.29) is 25.3 Å². The summed E-state index contributed by atoms with van der Waals surface area (Å²) in [4.78, 5) is 47.9. The molecule has 0 aromatic heterocycles. The van der Waals surface area contributed by atoms with Crippen LogP contribution in [0.1, 0.15) is 11.1 Å². The summed E-state index contributed by atoms with van der Waals surface area (Å²) in [5, 5.41) is 17.6. The van der Waals surface area contributed by atoms with Crippen LogP contribution in [0.5, 0.6) is 0 Å². The van der Waals surface area contributed by atoms with Crippen LogP contribution in [0.2, 0.25) is 0 Å². The van der Waals surface area contributed by atoms with Crippen molar-refractivity contribution in [1.29, 1.82) is 0 Å². The minimum atomic E-state index is -1.21. The average molecular weight is 447 g/mol. The number of hydrogen-bond acceptors (Lipinski definition) is 5. The largest absolute Gasteiger partial charge is 0.480 e. The third kappa shape index (κ3) is 7.71. The Morgan fingerprint density at radius 3 is 1.87 bits per heavy atom. The number of alkyl halides is 1. The topological polar surface area (TPSA) is 128 Å². The predicted octanol–water partition coefficient (Wildman–Crippen LogP) is 2.34. The predicted molar refractivity (Wildman–Crippen MR) is 115 cm³/mol. The number of nitrogens with one attached hydrogen (secondary N) is 2. The van der Waals surface area contributed by atoms with Crippen LogP contribution in [0.3, 0.4) is 0 Å². The number of carbonyl (C=O) groups is 3. The minimum Gasteiger partial charge on any atom is -0.480 e. The monoisotopic (exact) mass is 446 g/mol. The van der Waals surface area contributed by atoms with Gasteiger partial charge in [-0.05, 0) is 11.1 Å². The van der Waals surface area contributed by atoms with Gasteiger partial charge >= 0.3 is 12.0 Å². The summed E-state index contributed by atoms with van der Waals surface area (Å²) in [6.45, 7) is -0.137. The van der Waals surface area contributed by atoms with Crippen LogP contribution in [-0.2, 0) is 22.4 Å². The van der Waals surface area contributed by atoms with Gasteiger partial charge in [-0.15, -0.1) is 16.5 Å². The molecule has 164 valence electrons. The van der Waals surface area contributed by atoms with Crippen molar-refractivity contribution in [3.8, 4) is 0 Å². The van der Waals surface area contributed by atoms with Crippen LogP contribution in [0, 0.1) is 4.91 Å². The number of nitroso groups, excluding NO2 is 1. The van der Waals surface area contributed by atoms with E-state index in [4.69, 9.17) is 11.6 Å². The molecule has 0 heterocycles. The number of aliphatic carboxylic acids is 1. The second kappa shape index (κ2) is 12.3. The van der Waals surface area contributed by atoms with Crippen molar-refractivity contribution < 1.29 is 19.5 Å². The van der Waals surface area contributed by atoms with Crippen molar-refractivity contribution in [3.63, 3.8) is 0 Å². The molecule has 2 aromatic carbocycles. The molecule has 0 aliphatic heterocycles. The first-order valence-electron chi connectivity index (χ1n) is 9.53. The molecule has 3 amide bonds. The lowest BCUT2D eigenvalue weighted by Gasteiger charge is -2.23. The zero-order chi connectivity index (χ0) is 22.6. The summed E-state index contributed by atoms with van der Waals surface area (Å²) in [5.74, 6) is -1.93. The van der Waals surface area contributed by atoms with Crippen molar-refractivity contribution >= 4 is 29.5 Å². The van der Waals surface area contributed by atoms with Gasteiger partial charge < -0.3 is 15.7 Å². The molecule has 0 saturated heterocycles. The average Bonchev–Trinajstić information content (AvgIpc) is 2.77. The Morgan fingerprint density at radius 1 is 0.903 bits per heavy atom. The highest BCUT2D eigenvalue weighted by Crippen LogP contribution is 2.08. The third-order valence-corrected chi connectivity index (χ3v) is 4.59. The van der Waals surface area contributed by atoms with Crippen LogP contribution in [0.25, 0.3) is 0 Å². The Morgan fingerprint density at radius 2 is 1.42 bits per heavy atom. The molecule has 2 rings (SSSR count). The Bertz CT molecular complexity index is 882. The SMILES string of the molecule is O=NN(CCCl)C(=O)N[C@@H](Cc1ccccc1)C(=O)N[C@@H](Cc1ccccc1)C(=O)O. The first-order chi connectivity index (χ1) is 14.9. The summed E-state index contributed by atoms with van der Waals surface area (Å²) in [6, 6.07) is 14.5. The fourth-order valence-corrected chi connectivity index (χ4v) is 3.02. The molecule has 0 bridgehead atoms. The van der Waals surface area contributed by atoms with Crippen molar-refractivity contribution in [2.45, 2.75) is 24.9 Å². The molecule has 31 heavy (non-hydrogen) atoms. The highest BCUT2D eigenvalue weighted by Gasteiger charge is 2.28.